The standard InChI is InChI=1S/C27H33NO2.ClH/c1-4-28(5-2)19-20-30-26-17-13-24(14-18-26)27(23-9-7-6-8-10-23)21-22-11-15-25(29-3)16-12-22;/h6-18,27H,4-5,19-21H2,1-3H3;1H. The molecular weight excluding hydrogens is 406 g/mol. The Bertz CT molecular complexity index is 862. The fraction of sp³-hybridized carbons (Fsp3) is 0.333. The molecule has 0 spiro atoms. The molecule has 166 valence electrons. The Morgan fingerprint density at radius 3 is 1.90 bits per heavy atom. The van der Waals surface area contributed by atoms with E-state index in [4.69, 9.17) is 9.47 Å². The molecule has 0 saturated carbocycles. The van der Waals surface area contributed by atoms with Crippen molar-refractivity contribution in [1.82, 2.24) is 4.90 Å². The minimum Gasteiger partial charge on any atom is -0.497 e. The van der Waals surface area contributed by atoms with Crippen LogP contribution in [0.5, 0.6) is 11.5 Å². The monoisotopic (exact) mass is 439 g/mol. The first-order valence-electron chi connectivity index (χ1n) is 10.9. The van der Waals surface area contributed by atoms with E-state index in [0.29, 0.717) is 5.92 Å². The summed E-state index contributed by atoms with van der Waals surface area (Å²) in [5.41, 5.74) is 3.92. The van der Waals surface area contributed by atoms with Crippen LogP contribution >= 0.6 is 12.4 Å². The number of rotatable bonds is 11. The average Bonchev–Trinajstić information content (AvgIpc) is 2.82. The lowest BCUT2D eigenvalue weighted by Gasteiger charge is -2.20. The number of halogens is 1. The summed E-state index contributed by atoms with van der Waals surface area (Å²) < 4.78 is 11.3. The first kappa shape index (κ1) is 24.8. The van der Waals surface area contributed by atoms with E-state index in [0.717, 1.165) is 44.2 Å². The van der Waals surface area contributed by atoms with Crippen molar-refractivity contribution in [2.75, 3.05) is 33.4 Å². The van der Waals surface area contributed by atoms with Crippen LogP contribution in [0.15, 0.2) is 78.9 Å². The van der Waals surface area contributed by atoms with Crippen LogP contribution in [0.1, 0.15) is 36.5 Å². The fourth-order valence-electron chi connectivity index (χ4n) is 3.74. The highest BCUT2D eigenvalue weighted by Crippen LogP contribution is 2.30. The minimum atomic E-state index is 0. The summed E-state index contributed by atoms with van der Waals surface area (Å²) in [7, 11) is 1.70. The molecule has 31 heavy (non-hydrogen) atoms. The number of hydrogen-bond acceptors (Lipinski definition) is 3. The van der Waals surface area contributed by atoms with Gasteiger partial charge in [0.2, 0.25) is 0 Å². The van der Waals surface area contributed by atoms with Gasteiger partial charge in [-0.1, -0.05) is 68.4 Å². The molecule has 0 saturated heterocycles. The van der Waals surface area contributed by atoms with Gasteiger partial charge < -0.3 is 14.4 Å². The van der Waals surface area contributed by atoms with E-state index < -0.39 is 0 Å². The van der Waals surface area contributed by atoms with Gasteiger partial charge in [-0.3, -0.25) is 0 Å². The molecule has 0 aromatic heterocycles. The van der Waals surface area contributed by atoms with Gasteiger partial charge in [0, 0.05) is 12.5 Å². The number of nitrogens with zero attached hydrogens (tertiary/aromatic N) is 1. The molecule has 3 nitrogen and oxygen atoms in total. The lowest BCUT2D eigenvalue weighted by molar-refractivity contribution is 0.223. The molecule has 0 radical (unpaired) electrons. The zero-order chi connectivity index (χ0) is 21.2. The van der Waals surface area contributed by atoms with E-state index in [1.165, 1.54) is 16.7 Å². The summed E-state index contributed by atoms with van der Waals surface area (Å²) >= 11 is 0. The second-order valence-electron chi connectivity index (χ2n) is 7.46. The fourth-order valence-corrected chi connectivity index (χ4v) is 3.74. The van der Waals surface area contributed by atoms with Crippen molar-refractivity contribution in [3.05, 3.63) is 95.6 Å². The lowest BCUT2D eigenvalue weighted by atomic mass is 9.86. The molecule has 0 aliphatic heterocycles. The Labute approximate surface area is 193 Å². The molecular formula is C27H34ClNO2. The summed E-state index contributed by atoms with van der Waals surface area (Å²) in [4.78, 5) is 2.37. The van der Waals surface area contributed by atoms with E-state index in [1.54, 1.807) is 7.11 Å². The van der Waals surface area contributed by atoms with Crippen LogP contribution in [0, 0.1) is 0 Å². The van der Waals surface area contributed by atoms with Crippen LogP contribution in [0.2, 0.25) is 0 Å². The molecule has 0 heterocycles. The molecule has 3 rings (SSSR count). The van der Waals surface area contributed by atoms with Gasteiger partial charge in [-0.2, -0.15) is 0 Å². The molecule has 4 heteroatoms. The van der Waals surface area contributed by atoms with Crippen molar-refractivity contribution in [3.8, 4) is 11.5 Å². The molecule has 0 bridgehead atoms. The quantitative estimate of drug-likeness (QED) is 0.354. The lowest BCUT2D eigenvalue weighted by Crippen LogP contribution is -2.27. The zero-order valence-electron chi connectivity index (χ0n) is 18.8. The number of hydrogen-bond donors (Lipinski definition) is 0. The van der Waals surface area contributed by atoms with Gasteiger partial charge in [0.15, 0.2) is 0 Å². The molecule has 1 unspecified atom stereocenters. The molecule has 3 aromatic carbocycles. The summed E-state index contributed by atoms with van der Waals surface area (Å²) in [6, 6.07) is 27.7. The first-order chi connectivity index (χ1) is 14.7. The maximum atomic E-state index is 5.97. The predicted octanol–water partition coefficient (Wildman–Crippen LogP) is 6.21. The van der Waals surface area contributed by atoms with Crippen LogP contribution in [0.3, 0.4) is 0 Å². The summed E-state index contributed by atoms with van der Waals surface area (Å²) in [6.07, 6.45) is 0.941. The van der Waals surface area contributed by atoms with Gasteiger partial charge in [-0.15, -0.1) is 12.4 Å². The molecule has 0 amide bonds. The van der Waals surface area contributed by atoms with Gasteiger partial charge in [0.05, 0.1) is 7.11 Å². The smallest absolute Gasteiger partial charge is 0.119 e. The Balaban J connectivity index is 0.00000341. The number of methoxy groups -OCH3 is 1. The minimum absolute atomic E-state index is 0. The first-order valence-corrected chi connectivity index (χ1v) is 10.9. The van der Waals surface area contributed by atoms with E-state index in [2.05, 4.69) is 85.5 Å². The van der Waals surface area contributed by atoms with Crippen molar-refractivity contribution in [2.24, 2.45) is 0 Å². The molecule has 0 fully saturated rings. The highest BCUT2D eigenvalue weighted by molar-refractivity contribution is 5.85. The van der Waals surface area contributed by atoms with Gasteiger partial charge in [-0.25, -0.2) is 0 Å². The maximum Gasteiger partial charge on any atom is 0.119 e. The van der Waals surface area contributed by atoms with Crippen LogP contribution in [0.4, 0.5) is 0 Å². The Morgan fingerprint density at radius 2 is 1.32 bits per heavy atom. The largest absolute Gasteiger partial charge is 0.497 e. The average molecular weight is 440 g/mol. The van der Waals surface area contributed by atoms with Crippen molar-refractivity contribution >= 4 is 12.4 Å². The third-order valence-corrected chi connectivity index (χ3v) is 5.65. The van der Waals surface area contributed by atoms with Crippen molar-refractivity contribution in [1.29, 1.82) is 0 Å². The van der Waals surface area contributed by atoms with E-state index in [9.17, 15) is 0 Å². The Hall–Kier alpha value is -2.49. The third-order valence-electron chi connectivity index (χ3n) is 5.65. The van der Waals surface area contributed by atoms with Gasteiger partial charge in [0.1, 0.15) is 18.1 Å². The van der Waals surface area contributed by atoms with E-state index in [1.807, 2.05) is 12.1 Å². The maximum absolute atomic E-state index is 5.97. The van der Waals surface area contributed by atoms with Crippen LogP contribution in [-0.2, 0) is 6.42 Å². The normalized spacial score (nSPS) is 11.6. The molecule has 0 aliphatic rings. The van der Waals surface area contributed by atoms with Crippen molar-refractivity contribution < 1.29 is 9.47 Å². The topological polar surface area (TPSA) is 21.7 Å². The molecule has 0 N–H and O–H groups in total. The highest BCUT2D eigenvalue weighted by Gasteiger charge is 2.15. The summed E-state index contributed by atoms with van der Waals surface area (Å²) in [5.74, 6) is 2.12. The third kappa shape index (κ3) is 7.30. The zero-order valence-corrected chi connectivity index (χ0v) is 19.6. The van der Waals surface area contributed by atoms with E-state index in [-0.39, 0.29) is 12.4 Å². The van der Waals surface area contributed by atoms with Crippen LogP contribution in [-0.4, -0.2) is 38.3 Å². The summed E-state index contributed by atoms with van der Waals surface area (Å²) in [5, 5.41) is 0. The van der Waals surface area contributed by atoms with Gasteiger partial charge in [0.25, 0.3) is 0 Å². The predicted molar refractivity (Wildman–Crippen MR) is 132 cm³/mol. The van der Waals surface area contributed by atoms with Gasteiger partial charge in [-0.05, 0) is 60.5 Å². The highest BCUT2D eigenvalue weighted by atomic mass is 35.5. The van der Waals surface area contributed by atoms with E-state index >= 15 is 0 Å². The Kier molecular flexibility index (Phi) is 10.4. The number of benzene rings is 3. The van der Waals surface area contributed by atoms with Crippen LogP contribution < -0.4 is 9.47 Å². The number of likely N-dealkylation sites (N-methyl/N-ethyl adjacent to an activating group) is 1. The Morgan fingerprint density at radius 1 is 0.742 bits per heavy atom. The van der Waals surface area contributed by atoms with Crippen molar-refractivity contribution in [3.63, 3.8) is 0 Å². The van der Waals surface area contributed by atoms with Crippen molar-refractivity contribution in [2.45, 2.75) is 26.2 Å². The molecule has 3 aromatic rings. The molecule has 1 atom stereocenters. The SMILES string of the molecule is CCN(CC)CCOc1ccc(C(Cc2ccc(OC)cc2)c2ccccc2)cc1.Cl. The number of ether oxygens (including phenoxy) is 2. The second-order valence-corrected chi connectivity index (χ2v) is 7.46. The molecule has 0 aliphatic carbocycles. The van der Waals surface area contributed by atoms with Crippen LogP contribution in [0.25, 0.3) is 0 Å². The summed E-state index contributed by atoms with van der Waals surface area (Å²) in [6.45, 7) is 8.16. The van der Waals surface area contributed by atoms with Gasteiger partial charge >= 0.3 is 0 Å². The second kappa shape index (κ2) is 13.0.